The fraction of sp³-hybridized carbons (Fsp3) is 0.381. The molecule has 0 atom stereocenters. The fourth-order valence-electron chi connectivity index (χ4n) is 3.76. The van der Waals surface area contributed by atoms with Crippen molar-refractivity contribution in [2.75, 3.05) is 44.2 Å². The number of fused-ring (bicyclic) bond motifs is 2. The normalized spacial score (nSPS) is 16.7. The second-order valence-corrected chi connectivity index (χ2v) is 6.89. The second-order valence-electron chi connectivity index (χ2n) is 6.89. The van der Waals surface area contributed by atoms with Crippen LogP contribution in [0.25, 0.3) is 0 Å². The zero-order chi connectivity index (χ0) is 17.9. The van der Waals surface area contributed by atoms with Gasteiger partial charge >= 0.3 is 0 Å². The number of amides is 1. The first-order valence-corrected chi connectivity index (χ1v) is 9.34. The predicted octanol–water partition coefficient (Wildman–Crippen LogP) is 3.48. The molecule has 0 radical (unpaired) electrons. The van der Waals surface area contributed by atoms with Crippen molar-refractivity contribution in [2.24, 2.45) is 0 Å². The van der Waals surface area contributed by atoms with E-state index in [0.29, 0.717) is 0 Å². The van der Waals surface area contributed by atoms with Gasteiger partial charge in [0.05, 0.1) is 11.4 Å². The quantitative estimate of drug-likeness (QED) is 0.845. The Morgan fingerprint density at radius 3 is 2.04 bits per heavy atom. The third-order valence-corrected chi connectivity index (χ3v) is 5.21. The standard InChI is InChI=1S/C21H25N3O2/c1-17(25)23-15-13-22(14-16-23)11-6-12-24-18-7-2-4-9-20(18)26-21-10-5-3-8-19(21)24/h2-5,7-10H,6,11-16H2,1H3. The Morgan fingerprint density at radius 1 is 0.885 bits per heavy atom. The van der Waals surface area contributed by atoms with Crippen LogP contribution in [0.3, 0.4) is 0 Å². The van der Waals surface area contributed by atoms with Gasteiger partial charge in [-0.15, -0.1) is 0 Å². The van der Waals surface area contributed by atoms with Crippen LogP contribution in [0.2, 0.25) is 0 Å². The molecule has 2 aliphatic rings. The first-order chi connectivity index (χ1) is 12.7. The Bertz CT molecular complexity index is 739. The Kier molecular flexibility index (Phi) is 4.80. The van der Waals surface area contributed by atoms with Gasteiger partial charge in [0.15, 0.2) is 11.5 Å². The summed E-state index contributed by atoms with van der Waals surface area (Å²) in [6.07, 6.45) is 1.07. The van der Waals surface area contributed by atoms with Crippen molar-refractivity contribution in [1.29, 1.82) is 0 Å². The Hall–Kier alpha value is -2.53. The average molecular weight is 351 g/mol. The summed E-state index contributed by atoms with van der Waals surface area (Å²) in [7, 11) is 0. The molecule has 0 bridgehead atoms. The predicted molar refractivity (Wildman–Crippen MR) is 103 cm³/mol. The molecule has 2 aromatic rings. The van der Waals surface area contributed by atoms with E-state index < -0.39 is 0 Å². The first-order valence-electron chi connectivity index (χ1n) is 9.34. The number of carbonyl (C=O) groups excluding carboxylic acids is 1. The molecular weight excluding hydrogens is 326 g/mol. The van der Waals surface area contributed by atoms with Crippen LogP contribution in [-0.2, 0) is 4.79 Å². The largest absolute Gasteiger partial charge is 0.453 e. The minimum absolute atomic E-state index is 0.186. The number of para-hydroxylation sites is 4. The number of hydrogen-bond donors (Lipinski definition) is 0. The fourth-order valence-corrected chi connectivity index (χ4v) is 3.76. The molecular formula is C21H25N3O2. The lowest BCUT2D eigenvalue weighted by Crippen LogP contribution is -2.48. The highest BCUT2D eigenvalue weighted by molar-refractivity contribution is 5.77. The molecule has 5 nitrogen and oxygen atoms in total. The Morgan fingerprint density at radius 2 is 1.46 bits per heavy atom. The third-order valence-electron chi connectivity index (χ3n) is 5.21. The molecule has 2 aromatic carbocycles. The summed E-state index contributed by atoms with van der Waals surface area (Å²) >= 11 is 0. The maximum Gasteiger partial charge on any atom is 0.219 e. The molecule has 5 heteroatoms. The minimum Gasteiger partial charge on any atom is -0.453 e. The molecule has 26 heavy (non-hydrogen) atoms. The summed E-state index contributed by atoms with van der Waals surface area (Å²) in [6, 6.07) is 16.4. The molecule has 1 saturated heterocycles. The number of hydrogen-bond acceptors (Lipinski definition) is 4. The number of rotatable bonds is 4. The number of nitrogens with zero attached hydrogens (tertiary/aromatic N) is 3. The van der Waals surface area contributed by atoms with E-state index in [1.165, 1.54) is 0 Å². The smallest absolute Gasteiger partial charge is 0.219 e. The highest BCUT2D eigenvalue weighted by Crippen LogP contribution is 2.46. The molecule has 4 rings (SSSR count). The highest BCUT2D eigenvalue weighted by atomic mass is 16.5. The maximum atomic E-state index is 11.4. The van der Waals surface area contributed by atoms with Gasteiger partial charge in [-0.05, 0) is 37.2 Å². The maximum absolute atomic E-state index is 11.4. The minimum atomic E-state index is 0.186. The zero-order valence-electron chi connectivity index (χ0n) is 15.2. The van der Waals surface area contributed by atoms with Crippen LogP contribution in [0.1, 0.15) is 13.3 Å². The summed E-state index contributed by atoms with van der Waals surface area (Å²) < 4.78 is 6.05. The van der Waals surface area contributed by atoms with E-state index in [9.17, 15) is 4.79 Å². The van der Waals surface area contributed by atoms with Crippen molar-refractivity contribution in [3.63, 3.8) is 0 Å². The van der Waals surface area contributed by atoms with Gasteiger partial charge in [0, 0.05) is 39.6 Å². The summed E-state index contributed by atoms with van der Waals surface area (Å²) in [5.41, 5.74) is 2.26. The van der Waals surface area contributed by atoms with Gasteiger partial charge in [-0.3, -0.25) is 9.69 Å². The van der Waals surface area contributed by atoms with E-state index in [2.05, 4.69) is 34.1 Å². The molecule has 0 aliphatic carbocycles. The van der Waals surface area contributed by atoms with E-state index >= 15 is 0 Å². The van der Waals surface area contributed by atoms with E-state index in [-0.39, 0.29) is 5.91 Å². The lowest BCUT2D eigenvalue weighted by Gasteiger charge is -2.36. The van der Waals surface area contributed by atoms with Crippen molar-refractivity contribution in [3.05, 3.63) is 48.5 Å². The van der Waals surface area contributed by atoms with Gasteiger partial charge in [0.1, 0.15) is 0 Å². The molecule has 136 valence electrons. The molecule has 0 spiro atoms. The summed E-state index contributed by atoms with van der Waals surface area (Å²) in [6.45, 7) is 7.28. The van der Waals surface area contributed by atoms with E-state index in [4.69, 9.17) is 4.74 Å². The number of anilines is 2. The van der Waals surface area contributed by atoms with E-state index in [1.54, 1.807) is 6.92 Å². The lowest BCUT2D eigenvalue weighted by molar-refractivity contribution is -0.130. The summed E-state index contributed by atoms with van der Waals surface area (Å²) in [5.74, 6) is 2.02. The van der Waals surface area contributed by atoms with Crippen molar-refractivity contribution in [3.8, 4) is 11.5 Å². The summed E-state index contributed by atoms with van der Waals surface area (Å²) in [5, 5.41) is 0. The van der Waals surface area contributed by atoms with Gasteiger partial charge in [-0.2, -0.15) is 0 Å². The SMILES string of the molecule is CC(=O)N1CCN(CCCN2c3ccccc3Oc3ccccc32)CC1. The average Bonchev–Trinajstić information content (AvgIpc) is 2.68. The van der Waals surface area contributed by atoms with E-state index in [1.807, 2.05) is 29.2 Å². The second kappa shape index (κ2) is 7.38. The molecule has 0 saturated carbocycles. The monoisotopic (exact) mass is 351 g/mol. The number of benzene rings is 2. The molecule has 2 aliphatic heterocycles. The van der Waals surface area contributed by atoms with Crippen molar-refractivity contribution < 1.29 is 9.53 Å². The van der Waals surface area contributed by atoms with Crippen LogP contribution in [-0.4, -0.2) is 55.0 Å². The van der Waals surface area contributed by atoms with Gasteiger partial charge < -0.3 is 14.5 Å². The number of carbonyl (C=O) groups is 1. The van der Waals surface area contributed by atoms with Crippen LogP contribution in [0.5, 0.6) is 11.5 Å². The molecule has 0 aromatic heterocycles. The molecule has 0 unspecified atom stereocenters. The highest BCUT2D eigenvalue weighted by Gasteiger charge is 2.24. The van der Waals surface area contributed by atoms with Gasteiger partial charge in [0.2, 0.25) is 5.91 Å². The molecule has 1 fully saturated rings. The number of ether oxygens (including phenoxy) is 1. The topological polar surface area (TPSA) is 36.0 Å². The first kappa shape index (κ1) is 16.9. The van der Waals surface area contributed by atoms with Gasteiger partial charge in [-0.1, -0.05) is 24.3 Å². The Balaban J connectivity index is 1.40. The van der Waals surface area contributed by atoms with Gasteiger partial charge in [0.25, 0.3) is 0 Å². The molecule has 1 amide bonds. The van der Waals surface area contributed by atoms with Crippen molar-refractivity contribution >= 4 is 17.3 Å². The third kappa shape index (κ3) is 3.40. The number of piperazine rings is 1. The molecule has 0 N–H and O–H groups in total. The summed E-state index contributed by atoms with van der Waals surface area (Å²) in [4.78, 5) is 18.2. The van der Waals surface area contributed by atoms with Gasteiger partial charge in [-0.25, -0.2) is 0 Å². The van der Waals surface area contributed by atoms with Crippen LogP contribution in [0.4, 0.5) is 11.4 Å². The zero-order valence-corrected chi connectivity index (χ0v) is 15.2. The van der Waals surface area contributed by atoms with Crippen molar-refractivity contribution in [1.82, 2.24) is 9.80 Å². The lowest BCUT2D eigenvalue weighted by atomic mass is 10.1. The Labute approximate surface area is 154 Å². The van der Waals surface area contributed by atoms with Crippen molar-refractivity contribution in [2.45, 2.75) is 13.3 Å². The molecule has 2 heterocycles. The van der Waals surface area contributed by atoms with Crippen LogP contribution in [0, 0.1) is 0 Å². The van der Waals surface area contributed by atoms with E-state index in [0.717, 1.165) is 68.6 Å². The van der Waals surface area contributed by atoms with Crippen LogP contribution in [0.15, 0.2) is 48.5 Å². The van der Waals surface area contributed by atoms with Crippen LogP contribution >= 0.6 is 0 Å². The van der Waals surface area contributed by atoms with Crippen LogP contribution < -0.4 is 9.64 Å².